The number of carbonyl (C=O) groups excluding carboxylic acids is 2. The van der Waals surface area contributed by atoms with E-state index in [1.54, 1.807) is 0 Å². The first-order valence-electron chi connectivity index (χ1n) is 8.97. The number of carbonyl (C=O) groups is 2. The number of nitrogens with one attached hydrogen (secondary N) is 2. The van der Waals surface area contributed by atoms with E-state index >= 15 is 0 Å². The Kier molecular flexibility index (Phi) is 4.96. The van der Waals surface area contributed by atoms with Crippen molar-refractivity contribution >= 4 is 28.6 Å². The third-order valence-corrected chi connectivity index (χ3v) is 4.56. The van der Waals surface area contributed by atoms with Crippen LogP contribution in [-0.2, 0) is 4.74 Å². The summed E-state index contributed by atoms with van der Waals surface area (Å²) in [5.74, 6) is -2.47. The lowest BCUT2D eigenvalue weighted by molar-refractivity contribution is 0.0600. The lowest BCUT2D eigenvalue weighted by atomic mass is 10.1. The zero-order valence-corrected chi connectivity index (χ0v) is 16.0. The van der Waals surface area contributed by atoms with E-state index in [2.05, 4.69) is 20.1 Å². The van der Waals surface area contributed by atoms with Gasteiger partial charge in [-0.2, -0.15) is 5.10 Å². The molecule has 0 saturated carbocycles. The molecule has 3 N–H and O–H groups in total. The molecule has 9 nitrogen and oxygen atoms in total. The average Bonchev–Trinajstić information content (AvgIpc) is 3.18. The number of aromatic nitrogens is 3. The molecule has 0 spiro atoms. The number of rotatable bonds is 4. The number of aromatic amines is 1. The quantitative estimate of drug-likeness (QED) is 0.434. The van der Waals surface area contributed by atoms with E-state index in [0.29, 0.717) is 5.69 Å². The minimum Gasteiger partial charge on any atom is -0.506 e. The fourth-order valence-electron chi connectivity index (χ4n) is 3.08. The molecule has 0 aliphatic rings. The zero-order valence-electron chi connectivity index (χ0n) is 16.0. The number of esters is 1. The topological polar surface area (TPSA) is 126 Å². The normalized spacial score (nSPS) is 10.8. The first-order valence-corrected chi connectivity index (χ1v) is 8.97. The van der Waals surface area contributed by atoms with Gasteiger partial charge in [-0.1, -0.05) is 6.07 Å². The second-order valence-corrected chi connectivity index (χ2v) is 6.50. The summed E-state index contributed by atoms with van der Waals surface area (Å²) in [4.78, 5) is 39.5. The van der Waals surface area contributed by atoms with Gasteiger partial charge in [0.1, 0.15) is 22.8 Å². The number of H-pyrrole nitrogens is 1. The molecule has 0 unspecified atom stereocenters. The molecule has 31 heavy (non-hydrogen) atoms. The molecule has 10 heteroatoms. The van der Waals surface area contributed by atoms with Gasteiger partial charge in [0.05, 0.1) is 29.9 Å². The van der Waals surface area contributed by atoms with E-state index in [-0.39, 0.29) is 22.3 Å². The Bertz CT molecular complexity index is 1380. The summed E-state index contributed by atoms with van der Waals surface area (Å²) in [6, 6.07) is 11.3. The molecule has 0 saturated heterocycles. The number of benzene rings is 2. The molecule has 4 aromatic rings. The molecule has 0 atom stereocenters. The van der Waals surface area contributed by atoms with E-state index in [4.69, 9.17) is 0 Å². The van der Waals surface area contributed by atoms with Gasteiger partial charge in [0.15, 0.2) is 0 Å². The summed E-state index contributed by atoms with van der Waals surface area (Å²) in [6.07, 6.45) is 1.28. The van der Waals surface area contributed by atoms with Crippen molar-refractivity contribution in [3.63, 3.8) is 0 Å². The summed E-state index contributed by atoms with van der Waals surface area (Å²) in [5, 5.41) is 17.3. The SMILES string of the molecule is COC(=O)c1cccc(NC(=O)c2c(O)c3cnn(-c4ccc(F)cc4)c3[nH]c2=O)c1. The lowest BCUT2D eigenvalue weighted by Gasteiger charge is -2.09. The van der Waals surface area contributed by atoms with Gasteiger partial charge in [-0.15, -0.1) is 0 Å². The summed E-state index contributed by atoms with van der Waals surface area (Å²) in [6.45, 7) is 0. The minimum atomic E-state index is -0.878. The van der Waals surface area contributed by atoms with Crippen LogP contribution in [0.15, 0.2) is 59.5 Å². The van der Waals surface area contributed by atoms with Gasteiger partial charge in [-0.25, -0.2) is 13.9 Å². The van der Waals surface area contributed by atoms with Gasteiger partial charge < -0.3 is 20.1 Å². The summed E-state index contributed by atoms with van der Waals surface area (Å²) < 4.78 is 19.1. The smallest absolute Gasteiger partial charge is 0.337 e. The van der Waals surface area contributed by atoms with E-state index in [0.717, 1.165) is 0 Å². The van der Waals surface area contributed by atoms with Crippen LogP contribution < -0.4 is 10.9 Å². The summed E-state index contributed by atoms with van der Waals surface area (Å²) >= 11 is 0. The largest absolute Gasteiger partial charge is 0.506 e. The van der Waals surface area contributed by atoms with Crippen molar-refractivity contribution in [2.75, 3.05) is 12.4 Å². The number of fused-ring (bicyclic) bond motifs is 1. The van der Waals surface area contributed by atoms with E-state index in [9.17, 15) is 23.9 Å². The molecule has 2 aromatic heterocycles. The van der Waals surface area contributed by atoms with Crippen molar-refractivity contribution in [2.24, 2.45) is 0 Å². The highest BCUT2D eigenvalue weighted by atomic mass is 19.1. The molecule has 156 valence electrons. The van der Waals surface area contributed by atoms with E-state index in [1.807, 2.05) is 0 Å². The number of amides is 1. The van der Waals surface area contributed by atoms with Crippen LogP contribution in [0, 0.1) is 5.82 Å². The maximum absolute atomic E-state index is 13.2. The second kappa shape index (κ2) is 7.75. The Morgan fingerprint density at radius 1 is 1.19 bits per heavy atom. The Labute approximate surface area is 173 Å². The van der Waals surface area contributed by atoms with Crippen LogP contribution in [0.5, 0.6) is 5.75 Å². The molecule has 4 rings (SSSR count). The maximum Gasteiger partial charge on any atom is 0.337 e. The van der Waals surface area contributed by atoms with Crippen LogP contribution in [-0.4, -0.2) is 38.9 Å². The van der Waals surface area contributed by atoms with Crippen LogP contribution in [0.25, 0.3) is 16.7 Å². The molecule has 0 bridgehead atoms. The highest BCUT2D eigenvalue weighted by Crippen LogP contribution is 2.27. The number of hydrogen-bond acceptors (Lipinski definition) is 6. The number of nitrogens with zero attached hydrogens (tertiary/aromatic N) is 2. The van der Waals surface area contributed by atoms with Gasteiger partial charge >= 0.3 is 5.97 Å². The Hall–Kier alpha value is -4.47. The van der Waals surface area contributed by atoms with Gasteiger partial charge in [0.25, 0.3) is 11.5 Å². The zero-order chi connectivity index (χ0) is 22.1. The van der Waals surface area contributed by atoms with Crippen LogP contribution >= 0.6 is 0 Å². The second-order valence-electron chi connectivity index (χ2n) is 6.50. The highest BCUT2D eigenvalue weighted by molar-refractivity contribution is 6.09. The third-order valence-electron chi connectivity index (χ3n) is 4.56. The fourth-order valence-corrected chi connectivity index (χ4v) is 3.08. The van der Waals surface area contributed by atoms with E-state index in [1.165, 1.54) is 66.5 Å². The molecule has 0 fully saturated rings. The standard InChI is InChI=1S/C21H15FN4O5/c1-31-21(30)11-3-2-4-13(9-11)24-19(28)16-17(27)15-10-23-26(18(15)25-20(16)29)14-7-5-12(22)6-8-14/h2-10H,1H3,(H,24,28)(H2,25,27,29). The number of aromatic hydroxyl groups is 1. The Balaban J connectivity index is 1.72. The highest BCUT2D eigenvalue weighted by Gasteiger charge is 2.22. The average molecular weight is 422 g/mol. The Morgan fingerprint density at radius 3 is 2.65 bits per heavy atom. The van der Waals surface area contributed by atoms with Crippen molar-refractivity contribution in [2.45, 2.75) is 0 Å². The molecule has 0 radical (unpaired) electrons. The molecule has 2 heterocycles. The van der Waals surface area contributed by atoms with Gasteiger partial charge in [-0.05, 0) is 42.5 Å². The van der Waals surface area contributed by atoms with Gasteiger partial charge in [0.2, 0.25) is 0 Å². The predicted molar refractivity (Wildman–Crippen MR) is 109 cm³/mol. The molecule has 0 aliphatic carbocycles. The van der Waals surface area contributed by atoms with Crippen LogP contribution in [0.1, 0.15) is 20.7 Å². The van der Waals surface area contributed by atoms with E-state index < -0.39 is 34.6 Å². The number of ether oxygens (including phenoxy) is 1. The number of hydrogen-bond donors (Lipinski definition) is 3. The molecular formula is C21H15FN4O5. The Morgan fingerprint density at radius 2 is 1.94 bits per heavy atom. The predicted octanol–water partition coefficient (Wildman–Crippen LogP) is 2.60. The maximum atomic E-state index is 13.2. The van der Waals surface area contributed by atoms with Crippen LogP contribution in [0.3, 0.4) is 0 Å². The van der Waals surface area contributed by atoms with Crippen molar-refractivity contribution in [3.8, 4) is 11.4 Å². The fraction of sp³-hybridized carbons (Fsp3) is 0.0476. The van der Waals surface area contributed by atoms with Gasteiger partial charge in [-0.3, -0.25) is 9.59 Å². The van der Waals surface area contributed by atoms with Crippen molar-refractivity contribution in [3.05, 3.63) is 82.0 Å². The summed E-state index contributed by atoms with van der Waals surface area (Å²) in [7, 11) is 1.23. The molecule has 2 aromatic carbocycles. The van der Waals surface area contributed by atoms with Gasteiger partial charge in [0, 0.05) is 5.69 Å². The molecule has 0 aliphatic heterocycles. The number of pyridine rings is 1. The third kappa shape index (κ3) is 3.62. The summed E-state index contributed by atoms with van der Waals surface area (Å²) in [5.41, 5.74) is -0.352. The monoisotopic (exact) mass is 422 g/mol. The lowest BCUT2D eigenvalue weighted by Crippen LogP contribution is -2.24. The number of anilines is 1. The number of methoxy groups -OCH3 is 1. The first-order chi connectivity index (χ1) is 14.9. The van der Waals surface area contributed by atoms with Crippen molar-refractivity contribution < 1.29 is 23.8 Å². The minimum absolute atomic E-state index is 0.123. The van der Waals surface area contributed by atoms with Crippen LogP contribution in [0.4, 0.5) is 10.1 Å². The van der Waals surface area contributed by atoms with Crippen LogP contribution in [0.2, 0.25) is 0 Å². The van der Waals surface area contributed by atoms with Crippen molar-refractivity contribution in [1.29, 1.82) is 0 Å². The molecule has 1 amide bonds. The first kappa shape index (κ1) is 19.8. The van der Waals surface area contributed by atoms with Crippen molar-refractivity contribution in [1.82, 2.24) is 14.8 Å². The number of halogens is 1. The molecular weight excluding hydrogens is 407 g/mol.